The lowest BCUT2D eigenvalue weighted by Gasteiger charge is -2.22. The van der Waals surface area contributed by atoms with Gasteiger partial charge in [-0.2, -0.15) is 4.98 Å². The Balaban J connectivity index is 2.04. The molecule has 2 aromatic rings. The van der Waals surface area contributed by atoms with E-state index < -0.39 is 0 Å². The third-order valence-electron chi connectivity index (χ3n) is 3.05. The Morgan fingerprint density at radius 2 is 2.18 bits per heavy atom. The molecule has 2 N–H and O–H groups in total. The quantitative estimate of drug-likeness (QED) is 0.861. The molecule has 0 aliphatic rings. The molecule has 2 aromatic heterocycles. The Morgan fingerprint density at radius 3 is 2.88 bits per heavy atom. The van der Waals surface area contributed by atoms with Crippen molar-refractivity contribution in [2.45, 2.75) is 33.1 Å². The van der Waals surface area contributed by atoms with Crippen LogP contribution in [-0.2, 0) is 6.42 Å². The second kappa shape index (κ2) is 4.84. The summed E-state index contributed by atoms with van der Waals surface area (Å²) in [5.74, 6) is 0.767. The minimum Gasteiger partial charge on any atom is -0.439 e. The van der Waals surface area contributed by atoms with Crippen molar-refractivity contribution in [3.63, 3.8) is 0 Å². The van der Waals surface area contributed by atoms with E-state index in [1.54, 1.807) is 6.20 Å². The normalized spacial score (nSPS) is 12.2. The van der Waals surface area contributed by atoms with Gasteiger partial charge in [-0.15, -0.1) is 0 Å². The zero-order valence-corrected chi connectivity index (χ0v) is 10.4. The van der Waals surface area contributed by atoms with Crippen LogP contribution >= 0.6 is 0 Å². The van der Waals surface area contributed by atoms with Gasteiger partial charge in [-0.1, -0.05) is 13.8 Å². The summed E-state index contributed by atoms with van der Waals surface area (Å²) in [6.07, 6.45) is 4.61. The van der Waals surface area contributed by atoms with E-state index in [4.69, 9.17) is 10.2 Å². The second-order valence-corrected chi connectivity index (χ2v) is 5.14. The molecule has 4 nitrogen and oxygen atoms in total. The average Bonchev–Trinajstić information content (AvgIpc) is 2.69. The van der Waals surface area contributed by atoms with Gasteiger partial charge in [-0.25, -0.2) is 4.98 Å². The lowest BCUT2D eigenvalue weighted by atomic mass is 9.84. The first kappa shape index (κ1) is 12.0. The summed E-state index contributed by atoms with van der Waals surface area (Å²) in [5, 5.41) is 0. The molecule has 92 valence electrons. The van der Waals surface area contributed by atoms with Gasteiger partial charge in [0, 0.05) is 12.6 Å². The number of nitrogens with two attached hydrogens (primary N) is 1. The first-order valence-corrected chi connectivity index (χ1v) is 6.01. The Hall–Kier alpha value is -1.42. The highest BCUT2D eigenvalue weighted by atomic mass is 16.3. The number of pyridine rings is 1. The predicted octanol–water partition coefficient (Wildman–Crippen LogP) is 2.53. The standard InChI is InChI=1S/C13H19N3O/c1-13(2,7-8-14)6-5-11-16-12-10(17-11)4-3-9-15-12/h3-4,9H,5-8,14H2,1-2H3. The van der Waals surface area contributed by atoms with Gasteiger partial charge in [0.15, 0.2) is 17.1 Å². The molecule has 0 spiro atoms. The molecule has 0 saturated heterocycles. The minimum absolute atomic E-state index is 0.239. The van der Waals surface area contributed by atoms with Crippen molar-refractivity contribution in [2.75, 3.05) is 6.54 Å². The number of nitrogens with zero attached hydrogens (tertiary/aromatic N) is 2. The summed E-state index contributed by atoms with van der Waals surface area (Å²) in [6.45, 7) is 5.17. The number of hydrogen-bond donors (Lipinski definition) is 1. The summed E-state index contributed by atoms with van der Waals surface area (Å²) in [4.78, 5) is 8.52. The molecule has 0 saturated carbocycles. The van der Waals surface area contributed by atoms with E-state index in [9.17, 15) is 0 Å². The molecule has 2 rings (SSSR count). The van der Waals surface area contributed by atoms with Gasteiger partial charge in [0.1, 0.15) is 0 Å². The van der Waals surface area contributed by atoms with Crippen LogP contribution < -0.4 is 5.73 Å². The predicted molar refractivity (Wildman–Crippen MR) is 67.6 cm³/mol. The third-order valence-corrected chi connectivity index (χ3v) is 3.05. The van der Waals surface area contributed by atoms with E-state index in [1.165, 1.54) is 0 Å². The summed E-state index contributed by atoms with van der Waals surface area (Å²) in [6, 6.07) is 3.75. The number of aromatic nitrogens is 2. The Labute approximate surface area is 101 Å². The smallest absolute Gasteiger partial charge is 0.198 e. The van der Waals surface area contributed by atoms with Crippen LogP contribution in [0.1, 0.15) is 32.6 Å². The number of rotatable bonds is 5. The molecule has 0 radical (unpaired) electrons. The monoisotopic (exact) mass is 233 g/mol. The van der Waals surface area contributed by atoms with Crippen molar-refractivity contribution in [2.24, 2.45) is 11.1 Å². The van der Waals surface area contributed by atoms with E-state index in [-0.39, 0.29) is 5.41 Å². The summed E-state index contributed by atoms with van der Waals surface area (Å²) in [7, 11) is 0. The minimum atomic E-state index is 0.239. The Kier molecular flexibility index (Phi) is 3.43. The zero-order valence-electron chi connectivity index (χ0n) is 10.4. The van der Waals surface area contributed by atoms with Crippen molar-refractivity contribution in [1.82, 2.24) is 9.97 Å². The van der Waals surface area contributed by atoms with E-state index in [0.717, 1.165) is 37.3 Å². The molecule has 0 atom stereocenters. The summed E-state index contributed by atoms with van der Waals surface area (Å²) < 4.78 is 5.64. The molecule has 0 aliphatic heterocycles. The van der Waals surface area contributed by atoms with Crippen LogP contribution in [0.15, 0.2) is 22.7 Å². The molecule has 4 heteroatoms. The SMILES string of the molecule is CC(C)(CCN)CCc1nc2ncccc2o1. The van der Waals surface area contributed by atoms with E-state index in [1.807, 2.05) is 12.1 Å². The number of oxazole rings is 1. The van der Waals surface area contributed by atoms with E-state index >= 15 is 0 Å². The summed E-state index contributed by atoms with van der Waals surface area (Å²) in [5.41, 5.74) is 7.29. The van der Waals surface area contributed by atoms with Gasteiger partial charge in [-0.05, 0) is 36.9 Å². The molecule has 0 fully saturated rings. The lowest BCUT2D eigenvalue weighted by molar-refractivity contribution is 0.302. The first-order chi connectivity index (χ1) is 8.11. The average molecular weight is 233 g/mol. The molecule has 0 aromatic carbocycles. The fraction of sp³-hybridized carbons (Fsp3) is 0.538. The third kappa shape index (κ3) is 3.03. The van der Waals surface area contributed by atoms with Crippen LogP contribution in [0.3, 0.4) is 0 Å². The molecule has 0 bridgehead atoms. The maximum Gasteiger partial charge on any atom is 0.198 e. The fourth-order valence-corrected chi connectivity index (χ4v) is 1.88. The van der Waals surface area contributed by atoms with Gasteiger partial charge >= 0.3 is 0 Å². The second-order valence-electron chi connectivity index (χ2n) is 5.14. The van der Waals surface area contributed by atoms with Crippen molar-refractivity contribution < 1.29 is 4.42 Å². The molecular weight excluding hydrogens is 214 g/mol. The van der Waals surface area contributed by atoms with E-state index in [0.29, 0.717) is 5.65 Å². The van der Waals surface area contributed by atoms with Crippen molar-refractivity contribution >= 4 is 11.2 Å². The highest BCUT2D eigenvalue weighted by molar-refractivity contribution is 5.66. The first-order valence-electron chi connectivity index (χ1n) is 6.01. The van der Waals surface area contributed by atoms with Crippen LogP contribution in [0.25, 0.3) is 11.2 Å². The van der Waals surface area contributed by atoms with Crippen LogP contribution in [-0.4, -0.2) is 16.5 Å². The number of fused-ring (bicyclic) bond motifs is 1. The number of hydrogen-bond acceptors (Lipinski definition) is 4. The van der Waals surface area contributed by atoms with Gasteiger partial charge in [0.05, 0.1) is 0 Å². The van der Waals surface area contributed by atoms with Crippen molar-refractivity contribution in [1.29, 1.82) is 0 Å². The van der Waals surface area contributed by atoms with Crippen LogP contribution in [0, 0.1) is 5.41 Å². The molecule has 17 heavy (non-hydrogen) atoms. The topological polar surface area (TPSA) is 64.9 Å². The van der Waals surface area contributed by atoms with Gasteiger partial charge < -0.3 is 10.2 Å². The highest BCUT2D eigenvalue weighted by Crippen LogP contribution is 2.26. The van der Waals surface area contributed by atoms with Gasteiger partial charge in [0.2, 0.25) is 0 Å². The van der Waals surface area contributed by atoms with Crippen LogP contribution in [0.5, 0.6) is 0 Å². The molecular formula is C13H19N3O. The van der Waals surface area contributed by atoms with Crippen LogP contribution in [0.2, 0.25) is 0 Å². The maximum absolute atomic E-state index is 5.64. The van der Waals surface area contributed by atoms with Crippen LogP contribution in [0.4, 0.5) is 0 Å². The highest BCUT2D eigenvalue weighted by Gasteiger charge is 2.18. The maximum atomic E-state index is 5.64. The zero-order chi connectivity index (χ0) is 12.3. The fourth-order valence-electron chi connectivity index (χ4n) is 1.88. The lowest BCUT2D eigenvalue weighted by Crippen LogP contribution is -2.17. The van der Waals surface area contributed by atoms with Crippen molar-refractivity contribution in [3.8, 4) is 0 Å². The van der Waals surface area contributed by atoms with E-state index in [2.05, 4.69) is 23.8 Å². The van der Waals surface area contributed by atoms with Gasteiger partial charge in [0.25, 0.3) is 0 Å². The van der Waals surface area contributed by atoms with Gasteiger partial charge in [-0.3, -0.25) is 0 Å². The molecule has 0 amide bonds. The molecule has 0 aliphatic carbocycles. The Bertz CT molecular complexity index is 457. The summed E-state index contributed by atoms with van der Waals surface area (Å²) >= 11 is 0. The molecule has 2 heterocycles. The Morgan fingerprint density at radius 1 is 1.35 bits per heavy atom. The largest absolute Gasteiger partial charge is 0.439 e. The number of aryl methyl sites for hydroxylation is 1. The van der Waals surface area contributed by atoms with Crippen molar-refractivity contribution in [3.05, 3.63) is 24.2 Å². The molecule has 0 unspecified atom stereocenters.